The molecule has 3 aromatic carbocycles. The van der Waals surface area contributed by atoms with Crippen LogP contribution in [0.2, 0.25) is 5.02 Å². The van der Waals surface area contributed by atoms with Crippen LogP contribution in [0.1, 0.15) is 18.4 Å². The zero-order valence-corrected chi connectivity index (χ0v) is 20.9. The number of carboxylic acid groups (broad SMARTS) is 1. The highest BCUT2D eigenvalue weighted by atomic mass is 35.5. The summed E-state index contributed by atoms with van der Waals surface area (Å²) >= 11 is 5.91. The number of para-hydroxylation sites is 1. The van der Waals surface area contributed by atoms with Crippen LogP contribution in [0.5, 0.6) is 0 Å². The first-order chi connectivity index (χ1) is 17.2. The zero-order valence-electron chi connectivity index (χ0n) is 19.3. The highest BCUT2D eigenvalue weighted by Crippen LogP contribution is 2.25. The third-order valence-corrected chi connectivity index (χ3v) is 7.73. The van der Waals surface area contributed by atoms with Gasteiger partial charge in [-0.25, -0.2) is 8.42 Å². The molecule has 8 nitrogen and oxygen atoms in total. The lowest BCUT2D eigenvalue weighted by Gasteiger charge is -2.16. The maximum absolute atomic E-state index is 12.8. The minimum Gasteiger partial charge on any atom is -0.480 e. The van der Waals surface area contributed by atoms with Crippen LogP contribution in [0.4, 0.5) is 5.69 Å². The molecule has 3 aromatic rings. The lowest BCUT2D eigenvalue weighted by Crippen LogP contribution is -2.42. The molecule has 4 rings (SSSR count). The number of carbonyl (C=O) groups excluding carboxylic acids is 1. The number of sulfonamides is 1. The molecule has 0 saturated carbocycles. The van der Waals surface area contributed by atoms with E-state index in [0.29, 0.717) is 17.9 Å². The lowest BCUT2D eigenvalue weighted by atomic mass is 10.1. The predicted molar refractivity (Wildman–Crippen MR) is 138 cm³/mol. The van der Waals surface area contributed by atoms with Gasteiger partial charge in [0, 0.05) is 23.7 Å². The van der Waals surface area contributed by atoms with Crippen molar-refractivity contribution in [3.8, 4) is 11.1 Å². The van der Waals surface area contributed by atoms with Crippen molar-refractivity contribution < 1.29 is 23.1 Å². The Hall–Kier alpha value is -3.40. The van der Waals surface area contributed by atoms with E-state index in [1.54, 1.807) is 24.3 Å². The van der Waals surface area contributed by atoms with Gasteiger partial charge in [-0.2, -0.15) is 4.72 Å². The smallest absolute Gasteiger partial charge is 0.321 e. The molecule has 4 N–H and O–H groups in total. The number of aliphatic carboxylic acids is 1. The Labute approximate surface area is 214 Å². The van der Waals surface area contributed by atoms with Gasteiger partial charge in [-0.1, -0.05) is 54.1 Å². The molecule has 36 heavy (non-hydrogen) atoms. The van der Waals surface area contributed by atoms with Crippen molar-refractivity contribution in [3.63, 3.8) is 0 Å². The second kappa shape index (κ2) is 11.1. The van der Waals surface area contributed by atoms with Crippen LogP contribution in [0.15, 0.2) is 77.7 Å². The second-order valence-corrected chi connectivity index (χ2v) is 10.7. The molecule has 1 aliphatic heterocycles. The van der Waals surface area contributed by atoms with Crippen LogP contribution in [0, 0.1) is 0 Å². The molecule has 0 saturated heterocycles. The molecule has 0 bridgehead atoms. The average molecular weight is 528 g/mol. The van der Waals surface area contributed by atoms with Crippen molar-refractivity contribution in [1.29, 1.82) is 0 Å². The molecule has 0 aliphatic carbocycles. The number of amides is 1. The van der Waals surface area contributed by atoms with Gasteiger partial charge in [0.15, 0.2) is 0 Å². The van der Waals surface area contributed by atoms with Gasteiger partial charge in [0.2, 0.25) is 15.9 Å². The number of rotatable bonds is 10. The van der Waals surface area contributed by atoms with E-state index in [2.05, 4.69) is 15.4 Å². The first kappa shape index (κ1) is 25.7. The SMILES string of the molecule is O=C(NCCC[C@H](NS(=O)(=O)c1ccc(-c2ccc(Cl)cc2)cc1)C(=O)O)C1Cc2ccccc2N1. The van der Waals surface area contributed by atoms with Crippen LogP contribution in [0.3, 0.4) is 0 Å². The van der Waals surface area contributed by atoms with Gasteiger partial charge in [0.25, 0.3) is 0 Å². The largest absolute Gasteiger partial charge is 0.480 e. The van der Waals surface area contributed by atoms with E-state index in [4.69, 9.17) is 11.6 Å². The molecule has 0 fully saturated rings. The Morgan fingerprint density at radius 1 is 1.00 bits per heavy atom. The van der Waals surface area contributed by atoms with Gasteiger partial charge in [-0.05, 0) is 59.9 Å². The van der Waals surface area contributed by atoms with Crippen LogP contribution in [-0.4, -0.2) is 44.0 Å². The van der Waals surface area contributed by atoms with E-state index in [0.717, 1.165) is 22.4 Å². The van der Waals surface area contributed by atoms with Gasteiger partial charge in [-0.3, -0.25) is 9.59 Å². The molecule has 1 aliphatic rings. The lowest BCUT2D eigenvalue weighted by molar-refractivity contribution is -0.139. The van der Waals surface area contributed by atoms with Crippen molar-refractivity contribution >= 4 is 39.2 Å². The Morgan fingerprint density at radius 3 is 2.28 bits per heavy atom. The number of anilines is 1. The monoisotopic (exact) mass is 527 g/mol. The van der Waals surface area contributed by atoms with E-state index in [1.807, 2.05) is 36.4 Å². The summed E-state index contributed by atoms with van der Waals surface area (Å²) in [5.74, 6) is -1.46. The molecule has 1 amide bonds. The fourth-order valence-electron chi connectivity index (χ4n) is 4.05. The predicted octanol–water partition coefficient (Wildman–Crippen LogP) is 3.67. The molecule has 2 atom stereocenters. The first-order valence-electron chi connectivity index (χ1n) is 11.5. The second-order valence-electron chi connectivity index (χ2n) is 8.53. The molecule has 188 valence electrons. The third kappa shape index (κ3) is 6.23. The fraction of sp³-hybridized carbons (Fsp3) is 0.231. The number of hydrogen-bond donors (Lipinski definition) is 4. The molecular weight excluding hydrogens is 502 g/mol. The summed E-state index contributed by atoms with van der Waals surface area (Å²) in [6, 6.07) is 19.3. The Morgan fingerprint density at radius 2 is 1.64 bits per heavy atom. The number of hydrogen-bond acceptors (Lipinski definition) is 5. The van der Waals surface area contributed by atoms with E-state index < -0.39 is 22.0 Å². The topological polar surface area (TPSA) is 125 Å². The van der Waals surface area contributed by atoms with Crippen LogP contribution >= 0.6 is 11.6 Å². The maximum atomic E-state index is 12.8. The van der Waals surface area contributed by atoms with Gasteiger partial charge >= 0.3 is 5.97 Å². The van der Waals surface area contributed by atoms with Crippen molar-refractivity contribution in [3.05, 3.63) is 83.4 Å². The highest BCUT2D eigenvalue weighted by molar-refractivity contribution is 7.89. The summed E-state index contributed by atoms with van der Waals surface area (Å²) in [6.07, 6.45) is 0.896. The number of carboxylic acids is 1. The summed E-state index contributed by atoms with van der Waals surface area (Å²) < 4.78 is 27.8. The minimum absolute atomic E-state index is 0.0238. The normalized spacial score (nSPS) is 15.5. The molecule has 1 heterocycles. The standard InChI is InChI=1S/C26H26ClN3O5S/c27-20-11-7-17(8-12-20)18-9-13-21(14-10-18)36(34,35)30-23(26(32)33)6-3-15-28-25(31)24-16-19-4-1-2-5-22(19)29-24/h1-2,4-5,7-14,23-24,29-30H,3,6,15-16H2,(H,28,31)(H,32,33)/t23-,24?/m0/s1. The van der Waals surface area contributed by atoms with E-state index in [-0.39, 0.29) is 29.8 Å². The van der Waals surface area contributed by atoms with Gasteiger partial charge in [-0.15, -0.1) is 0 Å². The third-order valence-electron chi connectivity index (χ3n) is 5.99. The number of benzene rings is 3. The fourth-order valence-corrected chi connectivity index (χ4v) is 5.40. The molecule has 1 unspecified atom stereocenters. The quantitative estimate of drug-likeness (QED) is 0.298. The maximum Gasteiger partial charge on any atom is 0.321 e. The summed E-state index contributed by atoms with van der Waals surface area (Å²) in [5.41, 5.74) is 3.67. The summed E-state index contributed by atoms with van der Waals surface area (Å²) in [4.78, 5) is 24.1. The van der Waals surface area contributed by atoms with Gasteiger partial charge in [0.1, 0.15) is 12.1 Å². The molecule has 0 spiro atoms. The number of carbonyl (C=O) groups is 2. The molecular formula is C26H26ClN3O5S. The number of fused-ring (bicyclic) bond motifs is 1. The van der Waals surface area contributed by atoms with Crippen molar-refractivity contribution in [1.82, 2.24) is 10.0 Å². The van der Waals surface area contributed by atoms with Crippen LogP contribution < -0.4 is 15.4 Å². The molecule has 0 radical (unpaired) electrons. The number of halogens is 1. The Bertz CT molecular complexity index is 1320. The summed E-state index contributed by atoms with van der Waals surface area (Å²) in [7, 11) is -4.06. The van der Waals surface area contributed by atoms with Crippen molar-refractivity contribution in [2.24, 2.45) is 0 Å². The molecule has 10 heteroatoms. The Balaban J connectivity index is 1.29. The Kier molecular flexibility index (Phi) is 7.93. The van der Waals surface area contributed by atoms with Crippen molar-refractivity contribution in [2.45, 2.75) is 36.2 Å². The van der Waals surface area contributed by atoms with Gasteiger partial charge < -0.3 is 15.7 Å². The summed E-state index contributed by atoms with van der Waals surface area (Å²) in [6.45, 7) is 0.231. The van der Waals surface area contributed by atoms with E-state index in [9.17, 15) is 23.1 Å². The van der Waals surface area contributed by atoms with E-state index >= 15 is 0 Å². The average Bonchev–Trinajstić information content (AvgIpc) is 3.31. The number of nitrogens with one attached hydrogen (secondary N) is 3. The van der Waals surface area contributed by atoms with Crippen LogP contribution in [0.25, 0.3) is 11.1 Å². The van der Waals surface area contributed by atoms with Crippen molar-refractivity contribution in [2.75, 3.05) is 11.9 Å². The van der Waals surface area contributed by atoms with Gasteiger partial charge in [0.05, 0.1) is 4.90 Å². The first-order valence-corrected chi connectivity index (χ1v) is 13.3. The van der Waals surface area contributed by atoms with Crippen LogP contribution in [-0.2, 0) is 26.0 Å². The summed E-state index contributed by atoms with van der Waals surface area (Å²) in [5, 5.41) is 16.1. The van der Waals surface area contributed by atoms with E-state index in [1.165, 1.54) is 12.1 Å². The molecule has 0 aromatic heterocycles. The zero-order chi connectivity index (χ0) is 25.7. The minimum atomic E-state index is -4.06. The highest BCUT2D eigenvalue weighted by Gasteiger charge is 2.27.